The molecule has 2 aliphatic rings. The fraction of sp³-hybridized carbons (Fsp3) is 0.350. The summed E-state index contributed by atoms with van der Waals surface area (Å²) in [6, 6.07) is 13.0. The molecule has 0 spiro atoms. The van der Waals surface area contributed by atoms with Gasteiger partial charge in [-0.3, -0.25) is 9.69 Å². The molecule has 4 heterocycles. The van der Waals surface area contributed by atoms with Crippen molar-refractivity contribution in [3.8, 4) is 10.9 Å². The summed E-state index contributed by atoms with van der Waals surface area (Å²) >= 11 is 1.50. The summed E-state index contributed by atoms with van der Waals surface area (Å²) in [4.78, 5) is 24.8. The van der Waals surface area contributed by atoms with E-state index in [1.807, 2.05) is 29.2 Å². The number of amides is 1. The monoisotopic (exact) mass is 380 g/mol. The molecule has 138 valence electrons. The maximum atomic E-state index is 11.6. The van der Waals surface area contributed by atoms with Gasteiger partial charge < -0.3 is 9.64 Å². The number of benzene rings is 1. The van der Waals surface area contributed by atoms with Crippen LogP contribution in [0.5, 0.6) is 10.9 Å². The highest BCUT2D eigenvalue weighted by molar-refractivity contribution is 7.20. The molecule has 0 aliphatic carbocycles. The van der Waals surface area contributed by atoms with Crippen molar-refractivity contribution in [3.05, 3.63) is 48.2 Å². The Morgan fingerprint density at radius 3 is 2.78 bits per heavy atom. The first-order chi connectivity index (χ1) is 13.2. The van der Waals surface area contributed by atoms with Gasteiger partial charge in [-0.25, -0.2) is 4.98 Å². The van der Waals surface area contributed by atoms with Crippen LogP contribution in [0.2, 0.25) is 0 Å². The van der Waals surface area contributed by atoms with E-state index in [2.05, 4.69) is 27.0 Å². The fourth-order valence-electron chi connectivity index (χ4n) is 4.12. The van der Waals surface area contributed by atoms with E-state index in [1.54, 1.807) is 13.1 Å². The number of thiazole rings is 1. The number of nitrogens with zero attached hydrogens (tertiary/aromatic N) is 4. The van der Waals surface area contributed by atoms with Crippen LogP contribution in [0.15, 0.2) is 42.6 Å². The van der Waals surface area contributed by atoms with Crippen LogP contribution in [0, 0.1) is 0 Å². The van der Waals surface area contributed by atoms with Crippen molar-refractivity contribution in [2.45, 2.75) is 32.0 Å². The van der Waals surface area contributed by atoms with E-state index in [9.17, 15) is 4.79 Å². The first-order valence-corrected chi connectivity index (χ1v) is 9.97. The molecule has 2 fully saturated rings. The van der Waals surface area contributed by atoms with Crippen LogP contribution in [0.1, 0.15) is 18.9 Å². The number of hydrogen-bond acceptors (Lipinski definition) is 6. The fourth-order valence-corrected chi connectivity index (χ4v) is 4.91. The van der Waals surface area contributed by atoms with Crippen LogP contribution in [0.25, 0.3) is 10.3 Å². The van der Waals surface area contributed by atoms with Crippen LogP contribution in [-0.4, -0.2) is 50.8 Å². The minimum atomic E-state index is 0.202. The van der Waals surface area contributed by atoms with Gasteiger partial charge in [-0.15, -0.1) is 0 Å². The summed E-state index contributed by atoms with van der Waals surface area (Å²) in [5.41, 5.74) is 1.98. The van der Waals surface area contributed by atoms with Crippen LogP contribution in [0.4, 0.5) is 0 Å². The predicted octanol–water partition coefficient (Wildman–Crippen LogP) is 3.29. The predicted molar refractivity (Wildman–Crippen MR) is 104 cm³/mol. The number of carbonyl (C=O) groups excluding carboxylic acids is 1. The van der Waals surface area contributed by atoms with Gasteiger partial charge in [-0.1, -0.05) is 23.5 Å². The van der Waals surface area contributed by atoms with Gasteiger partial charge in [0.15, 0.2) is 5.65 Å². The molecule has 1 amide bonds. The number of likely N-dealkylation sites (tertiary alicyclic amines) is 2. The molecule has 0 unspecified atom stereocenters. The van der Waals surface area contributed by atoms with Crippen LogP contribution >= 0.6 is 11.3 Å². The minimum Gasteiger partial charge on any atom is -0.431 e. The van der Waals surface area contributed by atoms with Crippen LogP contribution < -0.4 is 4.74 Å². The smallest absolute Gasteiger partial charge is 0.281 e. The van der Waals surface area contributed by atoms with Crippen molar-refractivity contribution in [1.29, 1.82) is 0 Å². The molecule has 7 heteroatoms. The Balaban J connectivity index is 1.23. The van der Waals surface area contributed by atoms with E-state index in [-0.39, 0.29) is 5.91 Å². The zero-order valence-electron chi connectivity index (χ0n) is 15.0. The van der Waals surface area contributed by atoms with Crippen molar-refractivity contribution >= 4 is 27.6 Å². The highest BCUT2D eigenvalue weighted by Crippen LogP contribution is 2.33. The lowest BCUT2D eigenvalue weighted by molar-refractivity contribution is -0.131. The molecular weight excluding hydrogens is 360 g/mol. The van der Waals surface area contributed by atoms with Crippen molar-refractivity contribution < 1.29 is 9.53 Å². The minimum absolute atomic E-state index is 0.202. The molecule has 6 nitrogen and oxygen atoms in total. The van der Waals surface area contributed by atoms with Crippen molar-refractivity contribution in [2.24, 2.45) is 0 Å². The normalized spacial score (nSPS) is 21.9. The molecule has 0 radical (unpaired) electrons. The van der Waals surface area contributed by atoms with Gasteiger partial charge in [0.05, 0.1) is 4.70 Å². The number of hydrogen-bond donors (Lipinski definition) is 0. The third-order valence-electron chi connectivity index (χ3n) is 5.42. The summed E-state index contributed by atoms with van der Waals surface area (Å²) in [5.74, 6) is 0.984. The van der Waals surface area contributed by atoms with E-state index in [4.69, 9.17) is 4.74 Å². The lowest BCUT2D eigenvalue weighted by atomic mass is 10.2. The zero-order valence-corrected chi connectivity index (χ0v) is 15.9. The Bertz CT molecular complexity index is 954. The van der Waals surface area contributed by atoms with Gasteiger partial charge in [0.2, 0.25) is 5.91 Å². The van der Waals surface area contributed by atoms with E-state index in [0.717, 1.165) is 42.2 Å². The highest BCUT2D eigenvalue weighted by atomic mass is 32.1. The number of ether oxygens (including phenoxy) is 1. The first kappa shape index (κ1) is 16.6. The quantitative estimate of drug-likeness (QED) is 0.695. The van der Waals surface area contributed by atoms with Crippen molar-refractivity contribution in [2.75, 3.05) is 13.1 Å². The lowest BCUT2D eigenvalue weighted by Crippen LogP contribution is -2.47. The largest absolute Gasteiger partial charge is 0.431 e. The Hall–Kier alpha value is -2.51. The zero-order chi connectivity index (χ0) is 18.4. The summed E-state index contributed by atoms with van der Waals surface area (Å²) in [5, 5.41) is 0.609. The number of pyridine rings is 1. The summed E-state index contributed by atoms with van der Waals surface area (Å²) < 4.78 is 6.91. The van der Waals surface area contributed by atoms with E-state index >= 15 is 0 Å². The molecule has 5 rings (SSSR count). The van der Waals surface area contributed by atoms with Gasteiger partial charge >= 0.3 is 0 Å². The average molecular weight is 380 g/mol. The second kappa shape index (κ2) is 6.58. The maximum Gasteiger partial charge on any atom is 0.281 e. The van der Waals surface area contributed by atoms with Crippen molar-refractivity contribution in [3.63, 3.8) is 0 Å². The van der Waals surface area contributed by atoms with Crippen molar-refractivity contribution in [1.82, 2.24) is 19.8 Å². The molecule has 1 aromatic carbocycles. The lowest BCUT2D eigenvalue weighted by Gasteiger charge is -2.33. The molecule has 2 atom stereocenters. The summed E-state index contributed by atoms with van der Waals surface area (Å²) in [7, 11) is 0. The Morgan fingerprint density at radius 1 is 1.22 bits per heavy atom. The second-order valence-corrected chi connectivity index (χ2v) is 8.19. The second-order valence-electron chi connectivity index (χ2n) is 7.20. The van der Waals surface area contributed by atoms with Gasteiger partial charge in [0.25, 0.3) is 5.19 Å². The Morgan fingerprint density at radius 2 is 2.07 bits per heavy atom. The highest BCUT2D eigenvalue weighted by Gasteiger charge is 2.43. The summed E-state index contributed by atoms with van der Waals surface area (Å²) in [6.45, 7) is 4.43. The van der Waals surface area contributed by atoms with E-state index in [1.165, 1.54) is 16.9 Å². The van der Waals surface area contributed by atoms with Crippen LogP contribution in [0.3, 0.4) is 0 Å². The molecule has 2 aromatic heterocycles. The number of carbonyl (C=O) groups is 1. The Labute approximate surface area is 161 Å². The summed E-state index contributed by atoms with van der Waals surface area (Å²) in [6.07, 6.45) is 2.84. The molecule has 0 N–H and O–H groups in total. The average Bonchev–Trinajstić information content (AvgIpc) is 3.36. The van der Waals surface area contributed by atoms with Gasteiger partial charge in [-0.2, -0.15) is 4.98 Å². The van der Waals surface area contributed by atoms with Gasteiger partial charge in [-0.05, 0) is 36.2 Å². The molecule has 2 bridgehead atoms. The molecule has 0 saturated carbocycles. The van der Waals surface area contributed by atoms with Gasteiger partial charge in [0.1, 0.15) is 5.75 Å². The molecule has 2 aliphatic heterocycles. The Kier molecular flexibility index (Phi) is 4.06. The van der Waals surface area contributed by atoms with E-state index in [0.29, 0.717) is 17.3 Å². The molecule has 27 heavy (non-hydrogen) atoms. The van der Waals surface area contributed by atoms with Crippen LogP contribution in [-0.2, 0) is 11.3 Å². The third kappa shape index (κ3) is 3.17. The topological polar surface area (TPSA) is 58.6 Å². The standard InChI is InChI=1S/C20H20N4O2S/c1-13(25)24-12-15-9-16(24)11-23(15)10-14-4-6-17(7-5-14)26-20-22-19-18(27-20)3-2-8-21-19/h2-8,15-16H,9-12H2,1H3/t15-,16-/m1/s1. The van der Waals surface area contributed by atoms with E-state index < -0.39 is 0 Å². The number of piperazine rings is 1. The molecule has 3 aromatic rings. The maximum absolute atomic E-state index is 11.6. The first-order valence-electron chi connectivity index (χ1n) is 9.15. The molecule has 2 saturated heterocycles. The SMILES string of the molecule is CC(=O)N1C[C@H]2C[C@@H]1CN2Cc1ccc(Oc2nc3ncccc3s2)cc1. The number of aromatic nitrogens is 2. The third-order valence-corrected chi connectivity index (χ3v) is 6.31. The number of rotatable bonds is 4. The van der Waals surface area contributed by atoms with Gasteiger partial charge in [0, 0.05) is 44.8 Å². The molecular formula is C20H20N4O2S. The number of fused-ring (bicyclic) bond motifs is 3.